The smallest absolute Gasteiger partial charge is 0.339 e. The fraction of sp³-hybridized carbons (Fsp3) is 0.154. The summed E-state index contributed by atoms with van der Waals surface area (Å²) in [5.74, 6) is -1.32. The Morgan fingerprint density at radius 2 is 2.25 bits per heavy atom. The number of benzene rings is 1. The van der Waals surface area contributed by atoms with Crippen LogP contribution in [0.4, 0.5) is 5.13 Å². The number of hydrogen-bond acceptors (Lipinski definition) is 5. The summed E-state index contributed by atoms with van der Waals surface area (Å²) in [5.41, 5.74) is 0.842. The van der Waals surface area contributed by atoms with Crippen molar-refractivity contribution in [3.63, 3.8) is 0 Å². The number of anilines is 1. The van der Waals surface area contributed by atoms with Gasteiger partial charge in [0.2, 0.25) is 0 Å². The number of carboxylic acid groups (broad SMARTS) is 1. The maximum Gasteiger partial charge on any atom is 0.339 e. The Balaban J connectivity index is 2.00. The maximum absolute atomic E-state index is 11.6. The van der Waals surface area contributed by atoms with Gasteiger partial charge in [-0.2, -0.15) is 0 Å². The van der Waals surface area contributed by atoms with E-state index >= 15 is 0 Å². The van der Waals surface area contributed by atoms with Crippen LogP contribution in [0.15, 0.2) is 29.8 Å². The lowest BCUT2D eigenvalue weighted by atomic mass is 10.1. The van der Waals surface area contributed by atoms with Crippen molar-refractivity contribution >= 4 is 28.3 Å². The van der Waals surface area contributed by atoms with Crippen molar-refractivity contribution in [1.29, 1.82) is 0 Å². The van der Waals surface area contributed by atoms with Crippen molar-refractivity contribution in [2.24, 2.45) is 0 Å². The number of ether oxygens (including phenoxy) is 1. The molecular formula is C13H12N2O4S. The van der Waals surface area contributed by atoms with Crippen LogP contribution in [0.1, 0.15) is 15.9 Å². The van der Waals surface area contributed by atoms with E-state index < -0.39 is 11.9 Å². The molecule has 1 aromatic carbocycles. The van der Waals surface area contributed by atoms with Crippen LogP contribution in [0.3, 0.4) is 0 Å². The maximum atomic E-state index is 11.6. The number of hydrogen-bond donors (Lipinski definition) is 2. The van der Waals surface area contributed by atoms with Gasteiger partial charge in [0.1, 0.15) is 11.3 Å². The molecule has 0 aliphatic heterocycles. The highest BCUT2D eigenvalue weighted by atomic mass is 32.1. The van der Waals surface area contributed by atoms with Gasteiger partial charge in [-0.1, -0.05) is 11.6 Å². The number of aromatic carboxylic acids is 1. The van der Waals surface area contributed by atoms with Crippen LogP contribution in [0.2, 0.25) is 0 Å². The predicted octanol–water partition coefficient (Wildman–Crippen LogP) is 2.17. The standard InChI is InChI=1S/C13H12N2O4S/c1-8-2-3-10(9(6-8)12(17)18)19-7-11(16)15-13-14-4-5-20-13/h2-6H,7H2,1H3,(H,17,18)(H,14,15,16). The number of thiazole rings is 1. The molecule has 2 N–H and O–H groups in total. The summed E-state index contributed by atoms with van der Waals surface area (Å²) in [6.45, 7) is 1.51. The van der Waals surface area contributed by atoms with E-state index in [1.807, 2.05) is 0 Å². The largest absolute Gasteiger partial charge is 0.483 e. The van der Waals surface area contributed by atoms with E-state index in [0.717, 1.165) is 5.56 Å². The molecule has 0 unspecified atom stereocenters. The van der Waals surface area contributed by atoms with Gasteiger partial charge in [0, 0.05) is 11.6 Å². The molecule has 0 spiro atoms. The summed E-state index contributed by atoms with van der Waals surface area (Å²) in [5, 5.41) is 13.8. The van der Waals surface area contributed by atoms with Crippen LogP contribution >= 0.6 is 11.3 Å². The van der Waals surface area contributed by atoms with Crippen LogP contribution in [0, 0.1) is 6.92 Å². The van der Waals surface area contributed by atoms with Gasteiger partial charge in [-0.05, 0) is 19.1 Å². The number of carboxylic acids is 1. The number of aryl methyl sites for hydroxylation is 1. The van der Waals surface area contributed by atoms with Gasteiger partial charge < -0.3 is 9.84 Å². The van der Waals surface area contributed by atoms with Crippen LogP contribution in [-0.4, -0.2) is 28.6 Å². The second-order valence-corrected chi connectivity index (χ2v) is 4.87. The first-order valence-corrected chi connectivity index (χ1v) is 6.60. The molecule has 1 heterocycles. The monoisotopic (exact) mass is 292 g/mol. The van der Waals surface area contributed by atoms with Gasteiger partial charge >= 0.3 is 5.97 Å². The first kappa shape index (κ1) is 14.0. The minimum absolute atomic E-state index is 0.0343. The number of carbonyl (C=O) groups excluding carboxylic acids is 1. The van der Waals surface area contributed by atoms with E-state index in [4.69, 9.17) is 9.84 Å². The highest BCUT2D eigenvalue weighted by Gasteiger charge is 2.13. The molecule has 0 bridgehead atoms. The Labute approximate surface area is 119 Å². The molecule has 0 saturated heterocycles. The highest BCUT2D eigenvalue weighted by Crippen LogP contribution is 2.20. The molecule has 7 heteroatoms. The van der Waals surface area contributed by atoms with Gasteiger partial charge in [-0.25, -0.2) is 9.78 Å². The quantitative estimate of drug-likeness (QED) is 0.881. The van der Waals surface area contributed by atoms with Crippen molar-refractivity contribution in [1.82, 2.24) is 4.98 Å². The zero-order valence-electron chi connectivity index (χ0n) is 10.6. The number of carbonyl (C=O) groups is 2. The minimum atomic E-state index is -1.09. The van der Waals surface area contributed by atoms with Crippen molar-refractivity contribution in [2.75, 3.05) is 11.9 Å². The Hall–Kier alpha value is -2.41. The zero-order chi connectivity index (χ0) is 14.5. The SMILES string of the molecule is Cc1ccc(OCC(=O)Nc2nccs2)c(C(=O)O)c1. The minimum Gasteiger partial charge on any atom is -0.483 e. The number of aromatic nitrogens is 1. The van der Waals surface area contributed by atoms with E-state index in [9.17, 15) is 9.59 Å². The molecule has 2 aromatic rings. The summed E-state index contributed by atoms with van der Waals surface area (Å²) in [6.07, 6.45) is 1.57. The molecule has 0 aliphatic carbocycles. The molecule has 0 saturated carbocycles. The number of amides is 1. The van der Waals surface area contributed by atoms with Crippen molar-refractivity contribution in [2.45, 2.75) is 6.92 Å². The van der Waals surface area contributed by atoms with Crippen LogP contribution in [-0.2, 0) is 4.79 Å². The fourth-order valence-corrected chi connectivity index (χ4v) is 2.07. The number of nitrogens with one attached hydrogen (secondary N) is 1. The molecule has 0 aliphatic rings. The second kappa shape index (κ2) is 6.16. The lowest BCUT2D eigenvalue weighted by Gasteiger charge is -2.09. The number of rotatable bonds is 5. The third kappa shape index (κ3) is 3.55. The number of nitrogens with zero attached hydrogens (tertiary/aromatic N) is 1. The molecule has 0 radical (unpaired) electrons. The molecule has 1 amide bonds. The summed E-state index contributed by atoms with van der Waals surface area (Å²) < 4.78 is 5.25. The summed E-state index contributed by atoms with van der Waals surface area (Å²) >= 11 is 1.29. The van der Waals surface area contributed by atoms with E-state index in [-0.39, 0.29) is 17.9 Å². The lowest BCUT2D eigenvalue weighted by molar-refractivity contribution is -0.118. The van der Waals surface area contributed by atoms with Crippen molar-refractivity contribution < 1.29 is 19.4 Å². The normalized spacial score (nSPS) is 10.1. The van der Waals surface area contributed by atoms with Gasteiger partial charge in [0.15, 0.2) is 11.7 Å². The Bertz CT molecular complexity index is 625. The molecular weight excluding hydrogens is 280 g/mol. The Kier molecular flexibility index (Phi) is 4.31. The molecule has 20 heavy (non-hydrogen) atoms. The average molecular weight is 292 g/mol. The van der Waals surface area contributed by atoms with Gasteiger partial charge in [-0.3, -0.25) is 10.1 Å². The Morgan fingerprint density at radius 1 is 1.45 bits per heavy atom. The van der Waals surface area contributed by atoms with Gasteiger partial charge in [0.25, 0.3) is 5.91 Å². The summed E-state index contributed by atoms with van der Waals surface area (Å²) in [7, 11) is 0. The average Bonchev–Trinajstić information content (AvgIpc) is 2.90. The van der Waals surface area contributed by atoms with E-state index in [1.165, 1.54) is 23.5 Å². The first-order chi connectivity index (χ1) is 9.56. The molecule has 0 fully saturated rings. The first-order valence-electron chi connectivity index (χ1n) is 5.72. The van der Waals surface area contributed by atoms with E-state index in [2.05, 4.69) is 10.3 Å². The van der Waals surface area contributed by atoms with Gasteiger partial charge in [0.05, 0.1) is 0 Å². The van der Waals surface area contributed by atoms with E-state index in [1.54, 1.807) is 24.6 Å². The second-order valence-electron chi connectivity index (χ2n) is 3.98. The van der Waals surface area contributed by atoms with Crippen molar-refractivity contribution in [3.8, 4) is 5.75 Å². The Morgan fingerprint density at radius 3 is 2.90 bits per heavy atom. The van der Waals surface area contributed by atoms with E-state index in [0.29, 0.717) is 5.13 Å². The predicted molar refractivity (Wildman–Crippen MR) is 74.4 cm³/mol. The van der Waals surface area contributed by atoms with Crippen LogP contribution in [0.25, 0.3) is 0 Å². The summed E-state index contributed by atoms with van der Waals surface area (Å²) in [6, 6.07) is 4.76. The molecule has 6 nitrogen and oxygen atoms in total. The molecule has 0 atom stereocenters. The summed E-state index contributed by atoms with van der Waals surface area (Å²) in [4.78, 5) is 26.6. The third-order valence-corrected chi connectivity index (χ3v) is 3.09. The molecule has 2 rings (SSSR count). The molecule has 104 valence electrons. The van der Waals surface area contributed by atoms with Gasteiger partial charge in [-0.15, -0.1) is 11.3 Å². The van der Waals surface area contributed by atoms with Crippen LogP contribution < -0.4 is 10.1 Å². The topological polar surface area (TPSA) is 88.5 Å². The third-order valence-electron chi connectivity index (χ3n) is 2.40. The van der Waals surface area contributed by atoms with Crippen LogP contribution in [0.5, 0.6) is 5.75 Å². The zero-order valence-corrected chi connectivity index (χ0v) is 11.4. The fourth-order valence-electron chi connectivity index (χ4n) is 1.52. The lowest BCUT2D eigenvalue weighted by Crippen LogP contribution is -2.20. The molecule has 1 aromatic heterocycles. The van der Waals surface area contributed by atoms with Crippen molar-refractivity contribution in [3.05, 3.63) is 40.9 Å². The highest BCUT2D eigenvalue weighted by molar-refractivity contribution is 7.13.